The first kappa shape index (κ1) is 17.6. The Morgan fingerprint density at radius 3 is 2.57 bits per heavy atom. The standard InChI is InChI=1S/C20H16FN5O2/c21-16-8-6-14(7-9-16)11-22-19(27)12-25-20(28)18-10-17(24-26(18)13-23-25)15-4-2-1-3-5-15/h1-10,13H,11-12H2,(H,22,27). The molecular weight excluding hydrogens is 361 g/mol. The predicted octanol–water partition coefficient (Wildman–Crippen LogP) is 2.01. The van der Waals surface area contributed by atoms with Gasteiger partial charge in [0.05, 0.1) is 5.69 Å². The number of hydrogen-bond donors (Lipinski definition) is 1. The highest BCUT2D eigenvalue weighted by Gasteiger charge is 2.12. The molecule has 1 N–H and O–H groups in total. The quantitative estimate of drug-likeness (QED) is 0.577. The molecule has 0 saturated heterocycles. The molecule has 4 rings (SSSR count). The topological polar surface area (TPSA) is 81.3 Å². The Hall–Kier alpha value is -3.81. The van der Waals surface area contributed by atoms with Crippen molar-refractivity contribution in [2.75, 3.05) is 0 Å². The van der Waals surface area contributed by atoms with Gasteiger partial charge in [-0.25, -0.2) is 13.6 Å². The summed E-state index contributed by atoms with van der Waals surface area (Å²) in [6.45, 7) is 0.0172. The van der Waals surface area contributed by atoms with Crippen molar-refractivity contribution < 1.29 is 9.18 Å². The molecule has 4 aromatic rings. The third kappa shape index (κ3) is 3.66. The number of benzene rings is 2. The summed E-state index contributed by atoms with van der Waals surface area (Å²) in [5, 5.41) is 11.1. The van der Waals surface area contributed by atoms with Gasteiger partial charge in [-0.05, 0) is 23.8 Å². The van der Waals surface area contributed by atoms with Gasteiger partial charge in [0.1, 0.15) is 24.2 Å². The predicted molar refractivity (Wildman–Crippen MR) is 101 cm³/mol. The molecule has 28 heavy (non-hydrogen) atoms. The summed E-state index contributed by atoms with van der Waals surface area (Å²) in [6.07, 6.45) is 1.40. The van der Waals surface area contributed by atoms with E-state index < -0.39 is 5.56 Å². The van der Waals surface area contributed by atoms with Gasteiger partial charge < -0.3 is 5.32 Å². The van der Waals surface area contributed by atoms with Crippen LogP contribution in [0.4, 0.5) is 4.39 Å². The van der Waals surface area contributed by atoms with Crippen molar-refractivity contribution in [3.63, 3.8) is 0 Å². The van der Waals surface area contributed by atoms with E-state index in [1.165, 1.54) is 23.0 Å². The largest absolute Gasteiger partial charge is 0.350 e. The molecule has 2 heterocycles. The first-order valence-electron chi connectivity index (χ1n) is 8.62. The smallest absolute Gasteiger partial charge is 0.293 e. The van der Waals surface area contributed by atoms with Gasteiger partial charge in [-0.1, -0.05) is 42.5 Å². The number of carbonyl (C=O) groups is 1. The summed E-state index contributed by atoms with van der Waals surface area (Å²) < 4.78 is 15.4. The molecule has 0 saturated carbocycles. The molecule has 2 aromatic heterocycles. The molecule has 0 spiro atoms. The van der Waals surface area contributed by atoms with Crippen molar-refractivity contribution in [3.8, 4) is 11.3 Å². The number of nitrogens with one attached hydrogen (secondary N) is 1. The van der Waals surface area contributed by atoms with Crippen molar-refractivity contribution >= 4 is 11.4 Å². The van der Waals surface area contributed by atoms with Crippen LogP contribution in [0.25, 0.3) is 16.8 Å². The molecule has 8 heteroatoms. The zero-order chi connectivity index (χ0) is 19.5. The van der Waals surface area contributed by atoms with Gasteiger partial charge in [0.15, 0.2) is 0 Å². The highest BCUT2D eigenvalue weighted by molar-refractivity contribution is 5.75. The van der Waals surface area contributed by atoms with Gasteiger partial charge in [0, 0.05) is 12.1 Å². The summed E-state index contributed by atoms with van der Waals surface area (Å²) in [7, 11) is 0. The SMILES string of the molecule is O=C(Cn1ncn2nc(-c3ccccc3)cc2c1=O)NCc1ccc(F)cc1. The minimum Gasteiger partial charge on any atom is -0.350 e. The van der Waals surface area contributed by atoms with Gasteiger partial charge in [0.2, 0.25) is 5.91 Å². The van der Waals surface area contributed by atoms with Crippen LogP contribution in [0.3, 0.4) is 0 Å². The fourth-order valence-electron chi connectivity index (χ4n) is 2.80. The molecule has 0 radical (unpaired) electrons. The first-order valence-corrected chi connectivity index (χ1v) is 8.62. The fourth-order valence-corrected chi connectivity index (χ4v) is 2.80. The van der Waals surface area contributed by atoms with Crippen LogP contribution in [0.1, 0.15) is 5.56 Å². The molecule has 0 aliphatic carbocycles. The number of aromatic nitrogens is 4. The molecule has 7 nitrogen and oxygen atoms in total. The lowest BCUT2D eigenvalue weighted by atomic mass is 10.1. The zero-order valence-electron chi connectivity index (χ0n) is 14.7. The fraction of sp³-hybridized carbons (Fsp3) is 0.100. The lowest BCUT2D eigenvalue weighted by molar-refractivity contribution is -0.122. The Morgan fingerprint density at radius 2 is 1.82 bits per heavy atom. The highest BCUT2D eigenvalue weighted by atomic mass is 19.1. The third-order valence-corrected chi connectivity index (χ3v) is 4.26. The van der Waals surface area contributed by atoms with E-state index in [2.05, 4.69) is 15.5 Å². The lowest BCUT2D eigenvalue weighted by Gasteiger charge is -2.07. The van der Waals surface area contributed by atoms with E-state index in [1.807, 2.05) is 30.3 Å². The Kier molecular flexibility index (Phi) is 4.67. The number of amides is 1. The van der Waals surface area contributed by atoms with Crippen molar-refractivity contribution in [1.82, 2.24) is 24.7 Å². The molecule has 0 bridgehead atoms. The number of carbonyl (C=O) groups excluding carboxylic acids is 1. The van der Waals surface area contributed by atoms with E-state index in [9.17, 15) is 14.0 Å². The van der Waals surface area contributed by atoms with Crippen LogP contribution in [-0.4, -0.2) is 25.3 Å². The Morgan fingerprint density at radius 1 is 1.07 bits per heavy atom. The Balaban J connectivity index is 1.50. The molecule has 0 aliphatic heterocycles. The first-order chi connectivity index (χ1) is 13.6. The van der Waals surface area contributed by atoms with Crippen molar-refractivity contribution in [3.05, 3.63) is 88.7 Å². The van der Waals surface area contributed by atoms with Crippen LogP contribution in [0.5, 0.6) is 0 Å². The summed E-state index contributed by atoms with van der Waals surface area (Å²) in [4.78, 5) is 24.8. The second-order valence-electron chi connectivity index (χ2n) is 6.22. The monoisotopic (exact) mass is 377 g/mol. The van der Waals surface area contributed by atoms with Crippen molar-refractivity contribution in [2.45, 2.75) is 13.1 Å². The van der Waals surface area contributed by atoms with Gasteiger partial charge in [0.25, 0.3) is 5.56 Å². The van der Waals surface area contributed by atoms with E-state index in [1.54, 1.807) is 18.2 Å². The molecule has 0 unspecified atom stereocenters. The second kappa shape index (κ2) is 7.43. The van der Waals surface area contributed by atoms with Crippen molar-refractivity contribution in [1.29, 1.82) is 0 Å². The number of nitrogens with zero attached hydrogens (tertiary/aromatic N) is 4. The number of halogens is 1. The summed E-state index contributed by atoms with van der Waals surface area (Å²) in [6, 6.07) is 17.0. The van der Waals surface area contributed by atoms with Crippen LogP contribution in [0.2, 0.25) is 0 Å². The van der Waals surface area contributed by atoms with Crippen LogP contribution >= 0.6 is 0 Å². The Labute approximate surface area is 159 Å². The maximum atomic E-state index is 12.9. The Bertz CT molecular complexity index is 1180. The van der Waals surface area contributed by atoms with E-state index in [4.69, 9.17) is 0 Å². The summed E-state index contributed by atoms with van der Waals surface area (Å²) in [5.74, 6) is -0.708. The van der Waals surface area contributed by atoms with E-state index in [0.29, 0.717) is 11.2 Å². The van der Waals surface area contributed by atoms with E-state index in [0.717, 1.165) is 15.8 Å². The maximum absolute atomic E-state index is 12.9. The third-order valence-electron chi connectivity index (χ3n) is 4.26. The van der Waals surface area contributed by atoms with Gasteiger partial charge in [-0.3, -0.25) is 9.59 Å². The summed E-state index contributed by atoms with van der Waals surface area (Å²) in [5.41, 5.74) is 2.22. The number of hydrogen-bond acceptors (Lipinski definition) is 4. The van der Waals surface area contributed by atoms with Crippen LogP contribution in [0, 0.1) is 5.82 Å². The van der Waals surface area contributed by atoms with Gasteiger partial charge in [-0.15, -0.1) is 0 Å². The minimum atomic E-state index is -0.408. The van der Waals surface area contributed by atoms with Gasteiger partial charge >= 0.3 is 0 Å². The van der Waals surface area contributed by atoms with Gasteiger partial charge in [-0.2, -0.15) is 10.2 Å². The lowest BCUT2D eigenvalue weighted by Crippen LogP contribution is -2.34. The molecule has 0 aliphatic rings. The minimum absolute atomic E-state index is 0.220. The number of fused-ring (bicyclic) bond motifs is 1. The van der Waals surface area contributed by atoms with Crippen LogP contribution in [0.15, 0.2) is 71.8 Å². The average Bonchev–Trinajstić information content (AvgIpc) is 3.16. The van der Waals surface area contributed by atoms with Crippen molar-refractivity contribution in [2.24, 2.45) is 0 Å². The summed E-state index contributed by atoms with van der Waals surface area (Å²) >= 11 is 0. The normalized spacial score (nSPS) is 10.9. The molecule has 0 fully saturated rings. The highest BCUT2D eigenvalue weighted by Crippen LogP contribution is 2.17. The average molecular weight is 377 g/mol. The molecule has 2 aromatic carbocycles. The zero-order valence-corrected chi connectivity index (χ0v) is 14.7. The van der Waals surface area contributed by atoms with Crippen LogP contribution in [-0.2, 0) is 17.9 Å². The van der Waals surface area contributed by atoms with E-state index in [-0.39, 0.29) is 24.8 Å². The van der Waals surface area contributed by atoms with Crippen LogP contribution < -0.4 is 10.9 Å². The molecule has 140 valence electrons. The molecule has 0 atom stereocenters. The number of rotatable bonds is 5. The molecule has 1 amide bonds. The second-order valence-corrected chi connectivity index (χ2v) is 6.22. The maximum Gasteiger partial charge on any atom is 0.293 e. The van der Waals surface area contributed by atoms with E-state index >= 15 is 0 Å². The molecular formula is C20H16FN5O2.